The van der Waals surface area contributed by atoms with Gasteiger partial charge in [0.25, 0.3) is 0 Å². The highest BCUT2D eigenvalue weighted by molar-refractivity contribution is 5.91. The van der Waals surface area contributed by atoms with Gasteiger partial charge in [-0.3, -0.25) is 4.79 Å². The van der Waals surface area contributed by atoms with E-state index in [4.69, 9.17) is 9.47 Å². The third-order valence-corrected chi connectivity index (χ3v) is 3.94. The molecule has 0 aromatic heterocycles. The molecule has 28 heavy (non-hydrogen) atoms. The van der Waals surface area contributed by atoms with Gasteiger partial charge in [-0.25, -0.2) is 0 Å². The van der Waals surface area contributed by atoms with Gasteiger partial charge < -0.3 is 29.9 Å². The number of aliphatic hydroxyl groups is 2. The first-order valence-corrected chi connectivity index (χ1v) is 8.37. The summed E-state index contributed by atoms with van der Waals surface area (Å²) in [6.07, 6.45) is 2.51. The number of hydrogen-bond acceptors (Lipinski definition) is 7. The van der Waals surface area contributed by atoms with Crippen LogP contribution in [0.15, 0.2) is 54.3 Å². The van der Waals surface area contributed by atoms with Gasteiger partial charge in [-0.2, -0.15) is 0 Å². The summed E-state index contributed by atoms with van der Waals surface area (Å²) in [5.41, 5.74) is 1.06. The zero-order chi connectivity index (χ0) is 20.7. The second-order valence-corrected chi connectivity index (χ2v) is 5.95. The van der Waals surface area contributed by atoms with E-state index in [1.54, 1.807) is 18.2 Å². The molecule has 7 nitrogen and oxygen atoms in total. The van der Waals surface area contributed by atoms with Crippen LogP contribution in [0.1, 0.15) is 23.7 Å². The molecule has 0 aliphatic rings. The summed E-state index contributed by atoms with van der Waals surface area (Å²) in [7, 11) is 2.81. The van der Waals surface area contributed by atoms with Crippen molar-refractivity contribution in [1.29, 1.82) is 0 Å². The molecule has 0 saturated heterocycles. The number of carbonyl (C=O) groups excluding carboxylic acids is 1. The lowest BCUT2D eigenvalue weighted by atomic mass is 10.0. The van der Waals surface area contributed by atoms with Gasteiger partial charge in [0.15, 0.2) is 28.8 Å². The Morgan fingerprint density at radius 2 is 1.64 bits per heavy atom. The molecule has 0 bridgehead atoms. The number of methoxy groups -OCH3 is 2. The maximum atomic E-state index is 12.1. The number of aromatic hydroxyl groups is 2. The summed E-state index contributed by atoms with van der Waals surface area (Å²) >= 11 is 0. The number of rotatable bonds is 8. The maximum Gasteiger partial charge on any atom is 0.162 e. The van der Waals surface area contributed by atoms with E-state index in [-0.39, 0.29) is 35.2 Å². The number of hydrogen-bond donors (Lipinski definition) is 4. The monoisotopic (exact) mass is 386 g/mol. The van der Waals surface area contributed by atoms with Crippen LogP contribution in [0.4, 0.5) is 0 Å². The van der Waals surface area contributed by atoms with Gasteiger partial charge in [0.1, 0.15) is 5.76 Å². The molecule has 0 saturated carbocycles. The Labute approximate surface area is 162 Å². The van der Waals surface area contributed by atoms with E-state index in [1.165, 1.54) is 44.6 Å². The van der Waals surface area contributed by atoms with E-state index in [0.29, 0.717) is 11.1 Å². The number of ketones is 1. The van der Waals surface area contributed by atoms with Gasteiger partial charge in [-0.15, -0.1) is 0 Å². The first-order chi connectivity index (χ1) is 13.3. The zero-order valence-electron chi connectivity index (χ0n) is 15.5. The van der Waals surface area contributed by atoms with Gasteiger partial charge in [-0.05, 0) is 41.5 Å². The Bertz CT molecular complexity index is 900. The lowest BCUT2D eigenvalue weighted by molar-refractivity contribution is -0.116. The normalized spacial score (nSPS) is 12.8. The SMILES string of the molecule is COc1cc(/C=C/C(O)=C/C(=O)C[C@@H](O)c2ccc(O)c(OC)c2)ccc1O. The topological polar surface area (TPSA) is 116 Å². The van der Waals surface area contributed by atoms with E-state index in [2.05, 4.69) is 0 Å². The van der Waals surface area contributed by atoms with Crippen molar-refractivity contribution in [3.05, 3.63) is 65.4 Å². The minimum absolute atomic E-state index is 0.00515. The van der Waals surface area contributed by atoms with Crippen LogP contribution >= 0.6 is 0 Å². The zero-order valence-corrected chi connectivity index (χ0v) is 15.5. The van der Waals surface area contributed by atoms with Crippen molar-refractivity contribution >= 4 is 11.9 Å². The Kier molecular flexibility index (Phi) is 7.06. The number of benzene rings is 2. The molecule has 0 radical (unpaired) electrons. The molecule has 0 spiro atoms. The van der Waals surface area contributed by atoms with Crippen molar-refractivity contribution < 1.29 is 34.7 Å². The standard InChI is InChI=1S/C21H22O7/c1-27-20-9-13(4-7-17(20)24)3-6-15(22)11-16(23)12-19(26)14-5-8-18(25)21(10-14)28-2/h3-11,19,22,24-26H,12H2,1-2H3/b6-3+,15-11-/t19-/m1/s1. The molecule has 7 heteroatoms. The van der Waals surface area contributed by atoms with Crippen molar-refractivity contribution in [3.8, 4) is 23.0 Å². The molecule has 0 heterocycles. The highest BCUT2D eigenvalue weighted by atomic mass is 16.5. The number of ether oxygens (including phenoxy) is 2. The summed E-state index contributed by atoms with van der Waals surface area (Å²) in [4.78, 5) is 12.1. The predicted octanol–water partition coefficient (Wildman–Crippen LogP) is 3.26. The molecule has 1 atom stereocenters. The van der Waals surface area contributed by atoms with Crippen LogP contribution in [0, 0.1) is 0 Å². The molecule has 2 rings (SSSR count). The quantitative estimate of drug-likeness (QED) is 0.313. The molecule has 148 valence electrons. The van der Waals surface area contributed by atoms with Crippen molar-refractivity contribution in [2.45, 2.75) is 12.5 Å². The molecule has 4 N–H and O–H groups in total. The van der Waals surface area contributed by atoms with Crippen LogP contribution in [0.5, 0.6) is 23.0 Å². The second kappa shape index (κ2) is 9.48. The van der Waals surface area contributed by atoms with E-state index in [9.17, 15) is 25.2 Å². The Morgan fingerprint density at radius 3 is 2.29 bits per heavy atom. The fourth-order valence-corrected chi connectivity index (χ4v) is 2.46. The van der Waals surface area contributed by atoms with E-state index < -0.39 is 11.9 Å². The van der Waals surface area contributed by atoms with Crippen LogP contribution in [-0.4, -0.2) is 40.4 Å². The lowest BCUT2D eigenvalue weighted by Gasteiger charge is -2.11. The highest BCUT2D eigenvalue weighted by Crippen LogP contribution is 2.30. The first kappa shape index (κ1) is 20.9. The first-order valence-electron chi connectivity index (χ1n) is 8.37. The fraction of sp³-hybridized carbons (Fsp3) is 0.190. The summed E-state index contributed by atoms with van der Waals surface area (Å²) in [5, 5.41) is 39.2. The second-order valence-electron chi connectivity index (χ2n) is 5.95. The smallest absolute Gasteiger partial charge is 0.162 e. The minimum atomic E-state index is -1.11. The molecule has 0 unspecified atom stereocenters. The molecule has 0 amide bonds. The summed E-state index contributed by atoms with van der Waals surface area (Å²) in [6, 6.07) is 8.93. The number of phenols is 2. The summed E-state index contributed by atoms with van der Waals surface area (Å²) < 4.78 is 9.97. The summed E-state index contributed by atoms with van der Waals surface area (Å²) in [5.74, 6) is -0.367. The van der Waals surface area contributed by atoms with Crippen molar-refractivity contribution in [3.63, 3.8) is 0 Å². The summed E-state index contributed by atoms with van der Waals surface area (Å²) in [6.45, 7) is 0. The Hall–Kier alpha value is -3.45. The van der Waals surface area contributed by atoms with Gasteiger partial charge in [0, 0.05) is 12.5 Å². The van der Waals surface area contributed by atoms with Crippen molar-refractivity contribution in [2.24, 2.45) is 0 Å². The van der Waals surface area contributed by atoms with Gasteiger partial charge in [-0.1, -0.05) is 18.2 Å². The largest absolute Gasteiger partial charge is 0.508 e. The Balaban J connectivity index is 2.03. The predicted molar refractivity (Wildman–Crippen MR) is 104 cm³/mol. The minimum Gasteiger partial charge on any atom is -0.508 e. The Morgan fingerprint density at radius 1 is 1.04 bits per heavy atom. The molecule has 2 aromatic rings. The van der Waals surface area contributed by atoms with Crippen LogP contribution in [0.25, 0.3) is 6.08 Å². The van der Waals surface area contributed by atoms with Crippen LogP contribution < -0.4 is 9.47 Å². The van der Waals surface area contributed by atoms with Crippen LogP contribution in [0.3, 0.4) is 0 Å². The van der Waals surface area contributed by atoms with E-state index >= 15 is 0 Å². The van der Waals surface area contributed by atoms with Gasteiger partial charge in [0.2, 0.25) is 0 Å². The average Bonchev–Trinajstić information content (AvgIpc) is 2.67. The fourth-order valence-electron chi connectivity index (χ4n) is 2.46. The van der Waals surface area contributed by atoms with E-state index in [0.717, 1.165) is 6.08 Å². The molecular formula is C21H22O7. The molecular weight excluding hydrogens is 364 g/mol. The van der Waals surface area contributed by atoms with Gasteiger partial charge in [0.05, 0.1) is 20.3 Å². The van der Waals surface area contributed by atoms with Crippen LogP contribution in [-0.2, 0) is 4.79 Å². The van der Waals surface area contributed by atoms with Crippen LogP contribution in [0.2, 0.25) is 0 Å². The highest BCUT2D eigenvalue weighted by Gasteiger charge is 2.14. The molecule has 0 fully saturated rings. The molecule has 2 aromatic carbocycles. The maximum absolute atomic E-state index is 12.1. The number of aliphatic hydroxyl groups excluding tert-OH is 2. The molecule has 0 aliphatic carbocycles. The number of allylic oxidation sites excluding steroid dienone is 2. The average molecular weight is 386 g/mol. The third-order valence-electron chi connectivity index (χ3n) is 3.94. The number of phenolic OH excluding ortho intramolecular Hbond substituents is 2. The van der Waals surface area contributed by atoms with Crippen molar-refractivity contribution in [2.75, 3.05) is 14.2 Å². The third kappa shape index (κ3) is 5.52. The van der Waals surface area contributed by atoms with E-state index in [1.807, 2.05) is 0 Å². The van der Waals surface area contributed by atoms with Crippen molar-refractivity contribution in [1.82, 2.24) is 0 Å². The number of carbonyl (C=O) groups is 1. The lowest BCUT2D eigenvalue weighted by Crippen LogP contribution is -2.05. The molecule has 0 aliphatic heterocycles. The van der Waals surface area contributed by atoms with Gasteiger partial charge >= 0.3 is 0 Å².